The molecule has 1 heterocycles. The van der Waals surface area contributed by atoms with E-state index in [9.17, 15) is 0 Å². The van der Waals surface area contributed by atoms with Crippen molar-refractivity contribution in [2.75, 3.05) is 17.7 Å². The first kappa shape index (κ1) is 18.7. The van der Waals surface area contributed by atoms with Crippen molar-refractivity contribution in [1.29, 1.82) is 0 Å². The quantitative estimate of drug-likeness (QED) is 0.445. The zero-order valence-electron chi connectivity index (χ0n) is 16.6. The van der Waals surface area contributed by atoms with Crippen LogP contribution in [0.25, 0.3) is 10.9 Å². The highest BCUT2D eigenvalue weighted by Crippen LogP contribution is 2.26. The van der Waals surface area contributed by atoms with Crippen molar-refractivity contribution < 1.29 is 4.74 Å². The molecule has 0 spiro atoms. The molecule has 0 saturated heterocycles. The predicted octanol–water partition coefficient (Wildman–Crippen LogP) is 5.42. The number of ether oxygens (including phenoxy) is 1. The lowest BCUT2D eigenvalue weighted by molar-refractivity contribution is 0.410. The van der Waals surface area contributed by atoms with Crippen LogP contribution in [0, 0.1) is 0 Å². The smallest absolute Gasteiger partial charge is 0.225 e. The molecule has 1 aromatic heterocycles. The molecule has 0 fully saturated rings. The zero-order valence-corrected chi connectivity index (χ0v) is 16.6. The number of nitrogens with one attached hydrogen (secondary N) is 2. The van der Waals surface area contributed by atoms with Crippen molar-refractivity contribution >= 4 is 22.7 Å². The molecule has 0 saturated carbocycles. The summed E-state index contributed by atoms with van der Waals surface area (Å²) < 4.78 is 5.44. The van der Waals surface area contributed by atoms with Gasteiger partial charge in [-0.05, 0) is 30.7 Å². The topological polar surface area (TPSA) is 59.1 Å². The third-order valence-corrected chi connectivity index (χ3v) is 4.89. The zero-order chi connectivity index (χ0) is 20.1. The van der Waals surface area contributed by atoms with Gasteiger partial charge in [-0.15, -0.1) is 0 Å². The average Bonchev–Trinajstić information content (AvgIpc) is 2.78. The van der Waals surface area contributed by atoms with Crippen LogP contribution >= 0.6 is 0 Å². The van der Waals surface area contributed by atoms with E-state index in [-0.39, 0.29) is 6.04 Å². The van der Waals surface area contributed by atoms with Crippen molar-refractivity contribution in [3.63, 3.8) is 0 Å². The van der Waals surface area contributed by atoms with Crippen molar-refractivity contribution in [2.45, 2.75) is 19.5 Å². The van der Waals surface area contributed by atoms with Gasteiger partial charge in [-0.2, -0.15) is 4.98 Å². The third-order valence-electron chi connectivity index (χ3n) is 4.89. The molecule has 4 aromatic rings. The van der Waals surface area contributed by atoms with Gasteiger partial charge < -0.3 is 15.4 Å². The standard InChI is InChI=1S/C24H24N4O/c1-17(18-10-4-3-5-11-18)26-23-20-13-7-8-14-21(20)27-24(28-23)25-16-19-12-6-9-15-22(19)29-2/h3-15,17H,16H2,1-2H3,(H2,25,26,27,28). The normalized spacial score (nSPS) is 11.8. The number of rotatable bonds is 7. The van der Waals surface area contributed by atoms with Crippen LogP contribution in [0.15, 0.2) is 78.9 Å². The van der Waals surface area contributed by atoms with E-state index in [0.29, 0.717) is 12.5 Å². The summed E-state index contributed by atoms with van der Waals surface area (Å²) in [6.07, 6.45) is 0. The Bertz CT molecular complexity index is 1100. The van der Waals surface area contributed by atoms with Crippen LogP contribution in [0.4, 0.5) is 11.8 Å². The predicted molar refractivity (Wildman–Crippen MR) is 118 cm³/mol. The van der Waals surface area contributed by atoms with E-state index in [1.165, 1.54) is 5.56 Å². The molecule has 1 unspecified atom stereocenters. The van der Waals surface area contributed by atoms with E-state index in [1.807, 2.05) is 66.7 Å². The fourth-order valence-electron chi connectivity index (χ4n) is 3.32. The van der Waals surface area contributed by atoms with Gasteiger partial charge >= 0.3 is 0 Å². The minimum atomic E-state index is 0.122. The van der Waals surface area contributed by atoms with Gasteiger partial charge in [0.1, 0.15) is 11.6 Å². The number of methoxy groups -OCH3 is 1. The maximum Gasteiger partial charge on any atom is 0.225 e. The first-order valence-electron chi connectivity index (χ1n) is 9.68. The summed E-state index contributed by atoms with van der Waals surface area (Å²) in [5.74, 6) is 2.24. The van der Waals surface area contributed by atoms with Gasteiger partial charge in [0.05, 0.1) is 12.6 Å². The van der Waals surface area contributed by atoms with Crippen LogP contribution in [0.5, 0.6) is 5.75 Å². The van der Waals surface area contributed by atoms with E-state index >= 15 is 0 Å². The molecule has 4 rings (SSSR count). The monoisotopic (exact) mass is 384 g/mol. The molecule has 5 heteroatoms. The fraction of sp³-hybridized carbons (Fsp3) is 0.167. The number of hydrogen-bond donors (Lipinski definition) is 2. The Morgan fingerprint density at radius 2 is 1.59 bits per heavy atom. The van der Waals surface area contributed by atoms with Gasteiger partial charge in [-0.25, -0.2) is 4.98 Å². The van der Waals surface area contributed by atoms with Crippen LogP contribution in [0.3, 0.4) is 0 Å². The number of aromatic nitrogens is 2. The highest BCUT2D eigenvalue weighted by molar-refractivity contribution is 5.90. The molecule has 0 aliphatic carbocycles. The summed E-state index contributed by atoms with van der Waals surface area (Å²) in [5, 5.41) is 7.88. The average molecular weight is 384 g/mol. The molecule has 0 aliphatic heterocycles. The van der Waals surface area contributed by atoms with E-state index < -0.39 is 0 Å². The second-order valence-corrected chi connectivity index (χ2v) is 6.86. The molecule has 29 heavy (non-hydrogen) atoms. The van der Waals surface area contributed by atoms with Gasteiger partial charge in [-0.1, -0.05) is 60.7 Å². The number of fused-ring (bicyclic) bond motifs is 1. The first-order chi connectivity index (χ1) is 14.2. The molecule has 0 bridgehead atoms. The largest absolute Gasteiger partial charge is 0.496 e. The molecule has 3 aromatic carbocycles. The van der Waals surface area contributed by atoms with Crippen molar-refractivity contribution in [2.24, 2.45) is 0 Å². The van der Waals surface area contributed by atoms with Crippen LogP contribution in [-0.4, -0.2) is 17.1 Å². The van der Waals surface area contributed by atoms with E-state index in [2.05, 4.69) is 34.7 Å². The first-order valence-corrected chi connectivity index (χ1v) is 9.68. The van der Waals surface area contributed by atoms with Crippen LogP contribution in [0.2, 0.25) is 0 Å². The minimum absolute atomic E-state index is 0.122. The Balaban J connectivity index is 1.62. The number of hydrogen-bond acceptors (Lipinski definition) is 5. The van der Waals surface area contributed by atoms with Crippen molar-refractivity contribution in [1.82, 2.24) is 9.97 Å². The number of nitrogens with zero attached hydrogens (tertiary/aromatic N) is 2. The summed E-state index contributed by atoms with van der Waals surface area (Å²) in [6.45, 7) is 2.71. The second kappa shape index (κ2) is 8.61. The third kappa shape index (κ3) is 4.29. The van der Waals surface area contributed by atoms with Gasteiger partial charge in [0.25, 0.3) is 0 Å². The molecule has 0 radical (unpaired) electrons. The van der Waals surface area contributed by atoms with Crippen LogP contribution in [-0.2, 0) is 6.54 Å². The molecule has 0 amide bonds. The molecule has 5 nitrogen and oxygen atoms in total. The van der Waals surface area contributed by atoms with Crippen LogP contribution in [0.1, 0.15) is 24.1 Å². The summed E-state index contributed by atoms with van der Waals surface area (Å²) >= 11 is 0. The summed E-state index contributed by atoms with van der Waals surface area (Å²) in [6, 6.07) is 26.4. The van der Waals surface area contributed by atoms with Crippen molar-refractivity contribution in [3.05, 3.63) is 90.0 Å². The Labute approximate surface area is 170 Å². The van der Waals surface area contributed by atoms with E-state index in [0.717, 1.165) is 28.0 Å². The molecule has 146 valence electrons. The Morgan fingerprint density at radius 3 is 2.41 bits per heavy atom. The van der Waals surface area contributed by atoms with Gasteiger partial charge in [0, 0.05) is 23.5 Å². The molecule has 2 N–H and O–H groups in total. The number of para-hydroxylation sites is 2. The van der Waals surface area contributed by atoms with Crippen LogP contribution < -0.4 is 15.4 Å². The Morgan fingerprint density at radius 1 is 0.862 bits per heavy atom. The molecular formula is C24H24N4O. The highest BCUT2D eigenvalue weighted by Gasteiger charge is 2.12. The summed E-state index contributed by atoms with van der Waals surface area (Å²) in [4.78, 5) is 9.45. The number of benzene rings is 3. The fourth-order valence-corrected chi connectivity index (χ4v) is 3.32. The molecule has 1 atom stereocenters. The van der Waals surface area contributed by atoms with E-state index in [1.54, 1.807) is 7.11 Å². The van der Waals surface area contributed by atoms with Gasteiger partial charge in [-0.3, -0.25) is 0 Å². The lowest BCUT2D eigenvalue weighted by atomic mass is 10.1. The maximum absolute atomic E-state index is 5.44. The highest BCUT2D eigenvalue weighted by atomic mass is 16.5. The molecule has 0 aliphatic rings. The second-order valence-electron chi connectivity index (χ2n) is 6.86. The van der Waals surface area contributed by atoms with Gasteiger partial charge in [0.2, 0.25) is 5.95 Å². The number of anilines is 2. The Hall–Kier alpha value is -3.60. The Kier molecular flexibility index (Phi) is 5.56. The summed E-state index contributed by atoms with van der Waals surface area (Å²) in [7, 11) is 1.68. The lowest BCUT2D eigenvalue weighted by Gasteiger charge is -2.17. The maximum atomic E-state index is 5.44. The summed E-state index contributed by atoms with van der Waals surface area (Å²) in [5.41, 5.74) is 3.16. The van der Waals surface area contributed by atoms with Crippen molar-refractivity contribution in [3.8, 4) is 5.75 Å². The van der Waals surface area contributed by atoms with Gasteiger partial charge in [0.15, 0.2) is 0 Å². The van der Waals surface area contributed by atoms with E-state index in [4.69, 9.17) is 9.72 Å². The molecular weight excluding hydrogens is 360 g/mol. The lowest BCUT2D eigenvalue weighted by Crippen LogP contribution is -2.11. The minimum Gasteiger partial charge on any atom is -0.496 e. The SMILES string of the molecule is COc1ccccc1CNc1nc(NC(C)c2ccccc2)c2ccccc2n1.